The van der Waals surface area contributed by atoms with Crippen molar-refractivity contribution in [3.8, 4) is 0 Å². The molecule has 0 aromatic carbocycles. The quantitative estimate of drug-likeness (QED) is 0.101. The molecule has 0 rings (SSSR count). The Bertz CT molecular complexity index is 344. The zero-order valence-electron chi connectivity index (χ0n) is 17.6. The molecule has 0 bridgehead atoms. The summed E-state index contributed by atoms with van der Waals surface area (Å²) in [6, 6.07) is 0. The SMILES string of the molecule is CCCCCCCCCCCCCCCCCC/C=C/C=C/C(=O)OC. The van der Waals surface area contributed by atoms with Crippen LogP contribution in [0.4, 0.5) is 0 Å². The highest BCUT2D eigenvalue weighted by Gasteiger charge is 1.94. The van der Waals surface area contributed by atoms with Crippen LogP contribution in [0.25, 0.3) is 0 Å². The van der Waals surface area contributed by atoms with Crippen molar-refractivity contribution in [1.82, 2.24) is 0 Å². The summed E-state index contributed by atoms with van der Waals surface area (Å²) >= 11 is 0. The molecule has 0 heterocycles. The smallest absolute Gasteiger partial charge is 0.330 e. The number of carbonyl (C=O) groups excluding carboxylic acids is 1. The van der Waals surface area contributed by atoms with Crippen molar-refractivity contribution in [2.45, 2.75) is 116 Å². The van der Waals surface area contributed by atoms with Gasteiger partial charge in [0.2, 0.25) is 0 Å². The monoisotopic (exact) mass is 364 g/mol. The maximum Gasteiger partial charge on any atom is 0.330 e. The first-order valence-corrected chi connectivity index (χ1v) is 11.2. The van der Waals surface area contributed by atoms with Gasteiger partial charge in [-0.25, -0.2) is 4.79 Å². The molecule has 0 aliphatic carbocycles. The minimum absolute atomic E-state index is 0.294. The van der Waals surface area contributed by atoms with Crippen LogP contribution in [0.1, 0.15) is 116 Å². The number of rotatable bonds is 19. The Morgan fingerprint density at radius 1 is 0.654 bits per heavy atom. The predicted molar refractivity (Wildman–Crippen MR) is 114 cm³/mol. The number of ether oxygens (including phenoxy) is 1. The predicted octanol–water partition coefficient (Wildman–Crippen LogP) is 7.92. The van der Waals surface area contributed by atoms with E-state index in [1.165, 1.54) is 116 Å². The molecule has 0 saturated heterocycles. The summed E-state index contributed by atoms with van der Waals surface area (Å²) in [5, 5.41) is 0. The van der Waals surface area contributed by atoms with Crippen LogP contribution in [0.2, 0.25) is 0 Å². The molecule has 0 aliphatic heterocycles. The normalized spacial score (nSPS) is 11.6. The molecule has 0 aliphatic rings. The lowest BCUT2D eigenvalue weighted by Crippen LogP contribution is -1.92. The van der Waals surface area contributed by atoms with Crippen molar-refractivity contribution < 1.29 is 9.53 Å². The summed E-state index contributed by atoms with van der Waals surface area (Å²) < 4.78 is 4.53. The highest BCUT2D eigenvalue weighted by molar-refractivity contribution is 5.82. The third-order valence-corrected chi connectivity index (χ3v) is 4.91. The van der Waals surface area contributed by atoms with Gasteiger partial charge in [-0.3, -0.25) is 0 Å². The van der Waals surface area contributed by atoms with E-state index in [9.17, 15) is 4.79 Å². The molecule has 0 unspecified atom stereocenters. The Hall–Kier alpha value is -1.05. The number of methoxy groups -OCH3 is 1. The maximum atomic E-state index is 10.9. The summed E-state index contributed by atoms with van der Waals surface area (Å²) in [6.07, 6.45) is 30.9. The molecule has 2 heteroatoms. The van der Waals surface area contributed by atoms with Crippen molar-refractivity contribution in [3.63, 3.8) is 0 Å². The van der Waals surface area contributed by atoms with Gasteiger partial charge < -0.3 is 4.74 Å². The van der Waals surface area contributed by atoms with E-state index in [-0.39, 0.29) is 5.97 Å². The average molecular weight is 365 g/mol. The van der Waals surface area contributed by atoms with Crippen LogP contribution in [0.5, 0.6) is 0 Å². The average Bonchev–Trinajstić information content (AvgIpc) is 2.66. The third-order valence-electron chi connectivity index (χ3n) is 4.91. The molecule has 0 atom stereocenters. The largest absolute Gasteiger partial charge is 0.466 e. The van der Waals surface area contributed by atoms with Gasteiger partial charge in [0.25, 0.3) is 0 Å². The number of hydrogen-bond acceptors (Lipinski definition) is 2. The van der Waals surface area contributed by atoms with Gasteiger partial charge in [0, 0.05) is 6.08 Å². The van der Waals surface area contributed by atoms with Gasteiger partial charge in [0.15, 0.2) is 0 Å². The number of carbonyl (C=O) groups is 1. The lowest BCUT2D eigenvalue weighted by Gasteiger charge is -2.03. The first-order valence-electron chi connectivity index (χ1n) is 11.2. The zero-order valence-corrected chi connectivity index (χ0v) is 17.6. The van der Waals surface area contributed by atoms with Crippen LogP contribution in [0.15, 0.2) is 24.3 Å². The molecule has 0 fully saturated rings. The molecule has 0 N–H and O–H groups in total. The van der Waals surface area contributed by atoms with E-state index in [4.69, 9.17) is 0 Å². The maximum absolute atomic E-state index is 10.9. The lowest BCUT2D eigenvalue weighted by atomic mass is 10.0. The minimum Gasteiger partial charge on any atom is -0.466 e. The standard InChI is InChI=1S/C24H44O2/c1-3-4-5-6-7-8-9-10-11-12-13-14-15-16-17-18-19-20-21-22-23-24(25)26-2/h20-23H,3-19H2,1-2H3/b21-20+,23-22+. The van der Waals surface area contributed by atoms with Crippen LogP contribution in [-0.4, -0.2) is 13.1 Å². The molecule has 26 heavy (non-hydrogen) atoms. The van der Waals surface area contributed by atoms with E-state index >= 15 is 0 Å². The molecule has 0 spiro atoms. The van der Waals surface area contributed by atoms with E-state index in [1.807, 2.05) is 6.08 Å². The number of unbranched alkanes of at least 4 members (excludes halogenated alkanes) is 16. The molecular weight excluding hydrogens is 320 g/mol. The van der Waals surface area contributed by atoms with E-state index in [0.29, 0.717) is 0 Å². The molecule has 0 aromatic heterocycles. The Kier molecular flexibility index (Phi) is 21.1. The Morgan fingerprint density at radius 2 is 1.08 bits per heavy atom. The van der Waals surface area contributed by atoms with E-state index in [1.54, 1.807) is 6.08 Å². The summed E-state index contributed by atoms with van der Waals surface area (Å²) in [5.41, 5.74) is 0. The van der Waals surface area contributed by atoms with Gasteiger partial charge in [0.05, 0.1) is 7.11 Å². The number of hydrogen-bond donors (Lipinski definition) is 0. The van der Waals surface area contributed by atoms with Gasteiger partial charge in [-0.1, -0.05) is 121 Å². The van der Waals surface area contributed by atoms with Crippen LogP contribution < -0.4 is 0 Å². The molecule has 0 radical (unpaired) electrons. The van der Waals surface area contributed by atoms with Crippen molar-refractivity contribution in [3.05, 3.63) is 24.3 Å². The van der Waals surface area contributed by atoms with Crippen molar-refractivity contribution >= 4 is 5.97 Å². The first-order chi connectivity index (χ1) is 12.8. The summed E-state index contributed by atoms with van der Waals surface area (Å²) in [5.74, 6) is -0.294. The topological polar surface area (TPSA) is 26.3 Å². The second-order valence-electron chi connectivity index (χ2n) is 7.40. The Balaban J connectivity index is 3.12. The lowest BCUT2D eigenvalue weighted by molar-refractivity contribution is -0.134. The molecule has 2 nitrogen and oxygen atoms in total. The van der Waals surface area contributed by atoms with E-state index in [2.05, 4.69) is 17.7 Å². The summed E-state index contributed by atoms with van der Waals surface area (Å²) in [7, 11) is 1.40. The van der Waals surface area contributed by atoms with Gasteiger partial charge in [-0.2, -0.15) is 0 Å². The van der Waals surface area contributed by atoms with Crippen LogP contribution in [0, 0.1) is 0 Å². The second kappa shape index (κ2) is 22.0. The van der Waals surface area contributed by atoms with Crippen LogP contribution in [0.3, 0.4) is 0 Å². The molecule has 0 saturated carbocycles. The van der Waals surface area contributed by atoms with Gasteiger partial charge in [-0.15, -0.1) is 0 Å². The number of esters is 1. The van der Waals surface area contributed by atoms with Crippen molar-refractivity contribution in [2.24, 2.45) is 0 Å². The third kappa shape index (κ3) is 21.0. The van der Waals surface area contributed by atoms with Gasteiger partial charge in [0.1, 0.15) is 0 Å². The van der Waals surface area contributed by atoms with Crippen molar-refractivity contribution in [2.75, 3.05) is 7.11 Å². The van der Waals surface area contributed by atoms with Crippen molar-refractivity contribution in [1.29, 1.82) is 0 Å². The molecule has 0 aromatic rings. The highest BCUT2D eigenvalue weighted by Crippen LogP contribution is 2.14. The Morgan fingerprint density at radius 3 is 1.50 bits per heavy atom. The fraction of sp³-hybridized carbons (Fsp3) is 0.792. The van der Waals surface area contributed by atoms with Gasteiger partial charge in [-0.05, 0) is 12.8 Å². The zero-order chi connectivity index (χ0) is 19.1. The molecule has 152 valence electrons. The number of allylic oxidation sites excluding steroid dienone is 3. The second-order valence-corrected chi connectivity index (χ2v) is 7.40. The molecular formula is C24H44O2. The van der Waals surface area contributed by atoms with Gasteiger partial charge >= 0.3 is 5.97 Å². The van der Waals surface area contributed by atoms with Crippen LogP contribution >= 0.6 is 0 Å². The van der Waals surface area contributed by atoms with E-state index in [0.717, 1.165) is 6.42 Å². The fourth-order valence-electron chi connectivity index (χ4n) is 3.19. The fourth-order valence-corrected chi connectivity index (χ4v) is 3.19. The highest BCUT2D eigenvalue weighted by atomic mass is 16.5. The Labute approximate surface area is 163 Å². The minimum atomic E-state index is -0.294. The summed E-state index contributed by atoms with van der Waals surface area (Å²) in [6.45, 7) is 2.28. The first kappa shape index (κ1) is 24.9. The summed E-state index contributed by atoms with van der Waals surface area (Å²) in [4.78, 5) is 10.9. The molecule has 0 amide bonds. The van der Waals surface area contributed by atoms with Crippen LogP contribution in [-0.2, 0) is 9.53 Å². The van der Waals surface area contributed by atoms with E-state index < -0.39 is 0 Å².